The molecule has 4 unspecified atom stereocenters. The Hall–Kier alpha value is -6.02. The van der Waals surface area contributed by atoms with Crippen LogP contribution in [0.15, 0.2) is 84.8 Å². The van der Waals surface area contributed by atoms with Crippen LogP contribution >= 0.6 is 11.3 Å². The molecule has 0 bridgehead atoms. The number of nitrogens with one attached hydrogen (secondary N) is 5. The minimum Gasteiger partial charge on any atom is -0.350 e. The highest BCUT2D eigenvalue weighted by Gasteiger charge is 2.38. The molecule has 13 nitrogen and oxygen atoms in total. The number of amides is 2. The predicted molar refractivity (Wildman–Crippen MR) is 229 cm³/mol. The average Bonchev–Trinajstić information content (AvgIpc) is 4.08. The summed E-state index contributed by atoms with van der Waals surface area (Å²) in [7, 11) is 0. The number of imidazole rings is 3. The van der Waals surface area contributed by atoms with Crippen molar-refractivity contribution in [1.82, 2.24) is 44.7 Å². The van der Waals surface area contributed by atoms with Crippen LogP contribution in [0.25, 0.3) is 44.2 Å². The maximum absolute atomic E-state index is 13.9. The highest BCUT2D eigenvalue weighted by Crippen LogP contribution is 2.36. The molecule has 0 saturated carbocycles. The molecular formula is C44H49N11O2S. The van der Waals surface area contributed by atoms with Crippen LogP contribution in [-0.4, -0.2) is 81.7 Å². The maximum Gasteiger partial charge on any atom is 0.246 e. The van der Waals surface area contributed by atoms with Crippen LogP contribution in [0.1, 0.15) is 77.1 Å². The second kappa shape index (κ2) is 15.7. The van der Waals surface area contributed by atoms with Crippen LogP contribution in [-0.2, 0) is 9.59 Å². The lowest BCUT2D eigenvalue weighted by Gasteiger charge is -2.30. The third-order valence-corrected chi connectivity index (χ3v) is 12.4. The molecule has 2 aliphatic heterocycles. The topological polar surface area (TPSA) is 164 Å². The molecule has 3 aromatic carbocycles. The molecule has 0 radical (unpaired) electrons. The van der Waals surface area contributed by atoms with Crippen molar-refractivity contribution in [1.29, 1.82) is 0 Å². The number of fused-ring (bicyclic) bond motifs is 2. The van der Waals surface area contributed by atoms with Crippen LogP contribution in [0, 0.1) is 11.8 Å². The summed E-state index contributed by atoms with van der Waals surface area (Å²) in [5, 5.41) is 11.6. The van der Waals surface area contributed by atoms with Crippen molar-refractivity contribution in [2.24, 2.45) is 11.8 Å². The minimum absolute atomic E-state index is 0.0611. The molecule has 0 aliphatic carbocycles. The van der Waals surface area contributed by atoms with Crippen LogP contribution in [0.2, 0.25) is 0 Å². The summed E-state index contributed by atoms with van der Waals surface area (Å²) in [6.45, 7) is 9.64. The number of hydrogen-bond acceptors (Lipinski definition) is 9. The van der Waals surface area contributed by atoms with Crippen LogP contribution in [0.3, 0.4) is 0 Å². The van der Waals surface area contributed by atoms with Gasteiger partial charge in [0.15, 0.2) is 5.13 Å². The quantitative estimate of drug-likeness (QED) is 0.0822. The molecule has 6 heterocycles. The molecule has 2 fully saturated rings. The molecule has 298 valence electrons. The van der Waals surface area contributed by atoms with E-state index in [1.165, 1.54) is 11.3 Å². The van der Waals surface area contributed by atoms with E-state index in [0.29, 0.717) is 19.0 Å². The van der Waals surface area contributed by atoms with Gasteiger partial charge in [-0.1, -0.05) is 58.0 Å². The molecule has 2 saturated heterocycles. The van der Waals surface area contributed by atoms with E-state index in [4.69, 9.17) is 9.97 Å². The molecular weight excluding hydrogens is 747 g/mol. The zero-order valence-corrected chi connectivity index (χ0v) is 34.0. The van der Waals surface area contributed by atoms with E-state index in [1.807, 2.05) is 21.4 Å². The van der Waals surface area contributed by atoms with Crippen LogP contribution < -0.4 is 10.6 Å². The van der Waals surface area contributed by atoms with Gasteiger partial charge in [0.05, 0.1) is 35.0 Å². The SMILES string of the molecule is CC(C)C(Nc1nccs1)C(=O)N1CCCC1c1ncc(-c2ccc3cc(-c4ccc5nc(C6CCCN6C(=O)C(Nc6ncc[nH]6)C(C)C)[nH]c5c4)ccc3c2)[nH]1. The fourth-order valence-electron chi connectivity index (χ4n) is 8.55. The third kappa shape index (κ3) is 7.32. The third-order valence-electron chi connectivity index (χ3n) is 11.7. The van der Waals surface area contributed by atoms with Gasteiger partial charge >= 0.3 is 0 Å². The van der Waals surface area contributed by atoms with Crippen molar-refractivity contribution in [2.45, 2.75) is 77.5 Å². The molecule has 2 aliphatic rings. The number of benzene rings is 3. The van der Waals surface area contributed by atoms with Gasteiger partial charge < -0.3 is 35.4 Å². The van der Waals surface area contributed by atoms with Gasteiger partial charge in [-0.3, -0.25) is 9.59 Å². The average molecular weight is 796 g/mol. The van der Waals surface area contributed by atoms with Crippen molar-refractivity contribution >= 4 is 56.0 Å². The Morgan fingerprint density at radius 1 is 0.741 bits per heavy atom. The van der Waals surface area contributed by atoms with E-state index < -0.39 is 6.04 Å². The van der Waals surface area contributed by atoms with Gasteiger partial charge in [0, 0.05) is 42.6 Å². The summed E-state index contributed by atoms with van der Waals surface area (Å²) < 4.78 is 0. The smallest absolute Gasteiger partial charge is 0.246 e. The highest BCUT2D eigenvalue weighted by molar-refractivity contribution is 7.13. The molecule has 58 heavy (non-hydrogen) atoms. The van der Waals surface area contributed by atoms with Gasteiger partial charge in [-0.25, -0.2) is 19.9 Å². The molecule has 4 aromatic heterocycles. The van der Waals surface area contributed by atoms with Crippen molar-refractivity contribution < 1.29 is 9.59 Å². The summed E-state index contributed by atoms with van der Waals surface area (Å²) >= 11 is 1.51. The molecule has 2 amide bonds. The van der Waals surface area contributed by atoms with Gasteiger partial charge in [0.1, 0.15) is 23.7 Å². The first-order valence-electron chi connectivity index (χ1n) is 20.3. The van der Waals surface area contributed by atoms with Gasteiger partial charge in [-0.05, 0) is 83.7 Å². The van der Waals surface area contributed by atoms with E-state index in [2.05, 4.69) is 118 Å². The van der Waals surface area contributed by atoms with E-state index >= 15 is 0 Å². The lowest BCUT2D eigenvalue weighted by molar-refractivity contribution is -0.134. The zero-order valence-electron chi connectivity index (χ0n) is 33.2. The molecule has 0 spiro atoms. The number of hydrogen-bond donors (Lipinski definition) is 5. The number of aromatic nitrogens is 7. The number of rotatable bonds is 12. The van der Waals surface area contributed by atoms with Crippen LogP contribution in [0.5, 0.6) is 0 Å². The zero-order chi connectivity index (χ0) is 39.9. The van der Waals surface area contributed by atoms with Crippen molar-refractivity contribution in [3.63, 3.8) is 0 Å². The number of H-pyrrole nitrogens is 3. The lowest BCUT2D eigenvalue weighted by Crippen LogP contribution is -2.45. The van der Waals surface area contributed by atoms with E-state index in [0.717, 1.165) is 86.7 Å². The summed E-state index contributed by atoms with van der Waals surface area (Å²) in [5.41, 5.74) is 6.00. The summed E-state index contributed by atoms with van der Waals surface area (Å²) in [5.74, 6) is 2.57. The number of anilines is 2. The van der Waals surface area contributed by atoms with E-state index in [1.54, 1.807) is 18.6 Å². The first-order valence-corrected chi connectivity index (χ1v) is 21.2. The summed E-state index contributed by atoms with van der Waals surface area (Å²) in [6.07, 6.45) is 10.7. The fourth-order valence-corrected chi connectivity index (χ4v) is 9.11. The minimum atomic E-state index is -0.399. The maximum atomic E-state index is 13.9. The number of aromatic amines is 3. The fraction of sp³-hybridized carbons (Fsp3) is 0.364. The van der Waals surface area contributed by atoms with Crippen molar-refractivity contribution in [3.05, 3.63) is 96.4 Å². The molecule has 4 atom stereocenters. The standard InChI is InChI=1S/C44H49N11O2S/c1-25(2)37(52-43-45-15-16-46-43)41(56)55-19-6-8-36(55)40-49-32-14-13-30(23-33(32)50-40)28-9-10-29-22-31(12-11-27(29)21-28)34-24-48-39(51-34)35-7-5-18-54(35)42(57)38(26(3)4)53-44-47-17-20-58-44/h9-17,20-26,35-38H,5-8,18-19H2,1-4H3,(H,47,53)(H,48,51)(H,49,50)(H2,45,46,52). The Balaban J connectivity index is 0.905. The van der Waals surface area contributed by atoms with Crippen molar-refractivity contribution in [2.75, 3.05) is 23.7 Å². The number of carbonyl (C=O) groups is 2. The molecule has 5 N–H and O–H groups in total. The monoisotopic (exact) mass is 795 g/mol. The second-order valence-electron chi connectivity index (χ2n) is 16.2. The molecule has 9 rings (SSSR count). The highest BCUT2D eigenvalue weighted by atomic mass is 32.1. The van der Waals surface area contributed by atoms with Gasteiger partial charge in [-0.15, -0.1) is 11.3 Å². The number of likely N-dealkylation sites (tertiary alicyclic amines) is 2. The van der Waals surface area contributed by atoms with Gasteiger partial charge in [0.2, 0.25) is 17.8 Å². The Bertz CT molecular complexity index is 2540. The van der Waals surface area contributed by atoms with Crippen LogP contribution in [0.4, 0.5) is 11.1 Å². The second-order valence-corrected chi connectivity index (χ2v) is 17.1. The Kier molecular flexibility index (Phi) is 10.2. The Morgan fingerprint density at radius 3 is 2.07 bits per heavy atom. The van der Waals surface area contributed by atoms with E-state index in [9.17, 15) is 9.59 Å². The van der Waals surface area contributed by atoms with E-state index in [-0.39, 0.29) is 41.8 Å². The Morgan fingerprint density at radius 2 is 1.40 bits per heavy atom. The summed E-state index contributed by atoms with van der Waals surface area (Å²) in [4.78, 5) is 60.3. The van der Waals surface area contributed by atoms with Gasteiger partial charge in [-0.2, -0.15) is 0 Å². The first kappa shape index (κ1) is 37.6. The predicted octanol–water partition coefficient (Wildman–Crippen LogP) is 8.55. The summed E-state index contributed by atoms with van der Waals surface area (Å²) in [6, 6.07) is 18.4. The number of thiazole rings is 1. The first-order chi connectivity index (χ1) is 28.2. The molecule has 7 aromatic rings. The van der Waals surface area contributed by atoms with Crippen molar-refractivity contribution in [3.8, 4) is 22.4 Å². The lowest BCUT2D eigenvalue weighted by atomic mass is 9.99. The largest absolute Gasteiger partial charge is 0.350 e. The Labute approximate surface area is 341 Å². The number of carbonyl (C=O) groups excluding carboxylic acids is 2. The number of nitrogens with zero attached hydrogens (tertiary/aromatic N) is 6. The van der Waals surface area contributed by atoms with Gasteiger partial charge in [0.25, 0.3) is 0 Å². The molecule has 14 heteroatoms. The normalized spacial score (nSPS) is 18.2.